The van der Waals surface area contributed by atoms with Gasteiger partial charge < -0.3 is 24.8 Å². The third kappa shape index (κ3) is 4.82. The van der Waals surface area contributed by atoms with Crippen LogP contribution in [-0.4, -0.2) is 35.3 Å². The van der Waals surface area contributed by atoms with E-state index in [1.54, 1.807) is 13.2 Å². The van der Waals surface area contributed by atoms with Crippen LogP contribution in [-0.2, 0) is 29.4 Å². The first-order chi connectivity index (χ1) is 17.4. The van der Waals surface area contributed by atoms with Crippen molar-refractivity contribution in [3.05, 3.63) is 70.8 Å². The number of amides is 1. The zero-order valence-electron chi connectivity index (χ0n) is 20.0. The summed E-state index contributed by atoms with van der Waals surface area (Å²) in [6.07, 6.45) is 3.16. The Hall–Kier alpha value is -3.76. The normalized spacial score (nSPS) is 13.8. The van der Waals surface area contributed by atoms with Crippen LogP contribution in [0.2, 0.25) is 0 Å². The molecule has 0 spiro atoms. The van der Waals surface area contributed by atoms with Gasteiger partial charge in [0.1, 0.15) is 0 Å². The second-order valence-electron chi connectivity index (χ2n) is 8.63. The maximum Gasteiger partial charge on any atom is 0.255 e. The van der Waals surface area contributed by atoms with Gasteiger partial charge in [-0.1, -0.05) is 6.07 Å². The molecule has 3 aromatic carbocycles. The second kappa shape index (κ2) is 9.71. The number of hydrogen-bond donors (Lipinski definition) is 3. The molecule has 9 nitrogen and oxygen atoms in total. The standard InChI is InChI=1S/C26H27N3O6S/c1-27-36(31,32)22-12-19(26(30)29-20-7-6-17-4-3-5-18(17)10-20)11-21(13-22)28-14-16-8-23(33-2)25-24(9-16)34-15-35-25/h6-13,27-28H,3-5,14-15H2,1-2H3,(H,29,30). The zero-order valence-corrected chi connectivity index (χ0v) is 20.8. The summed E-state index contributed by atoms with van der Waals surface area (Å²) in [6.45, 7) is 0.455. The van der Waals surface area contributed by atoms with Crippen molar-refractivity contribution in [2.24, 2.45) is 0 Å². The Morgan fingerprint density at radius 1 is 1.00 bits per heavy atom. The van der Waals surface area contributed by atoms with Gasteiger partial charge >= 0.3 is 0 Å². The van der Waals surface area contributed by atoms with Gasteiger partial charge in [-0.25, -0.2) is 13.1 Å². The molecule has 2 aliphatic rings. The highest BCUT2D eigenvalue weighted by Crippen LogP contribution is 2.42. The number of fused-ring (bicyclic) bond motifs is 2. The molecule has 1 heterocycles. The smallest absolute Gasteiger partial charge is 0.255 e. The van der Waals surface area contributed by atoms with Crippen molar-refractivity contribution >= 4 is 27.3 Å². The van der Waals surface area contributed by atoms with Crippen LogP contribution in [0.3, 0.4) is 0 Å². The molecular weight excluding hydrogens is 482 g/mol. The van der Waals surface area contributed by atoms with Crippen molar-refractivity contribution in [2.75, 3.05) is 31.6 Å². The molecular formula is C26H27N3O6S. The maximum atomic E-state index is 13.1. The highest BCUT2D eigenvalue weighted by atomic mass is 32.2. The topological polar surface area (TPSA) is 115 Å². The third-order valence-electron chi connectivity index (χ3n) is 6.32. The fourth-order valence-corrected chi connectivity index (χ4v) is 5.25. The van der Waals surface area contributed by atoms with E-state index in [9.17, 15) is 13.2 Å². The van der Waals surface area contributed by atoms with Gasteiger partial charge in [-0.15, -0.1) is 0 Å². The van der Waals surface area contributed by atoms with Crippen LogP contribution >= 0.6 is 0 Å². The summed E-state index contributed by atoms with van der Waals surface area (Å²) in [5, 5.41) is 6.11. The summed E-state index contributed by atoms with van der Waals surface area (Å²) in [4.78, 5) is 13.1. The lowest BCUT2D eigenvalue weighted by molar-refractivity contribution is 0.102. The molecule has 1 aliphatic heterocycles. The zero-order chi connectivity index (χ0) is 25.3. The van der Waals surface area contributed by atoms with Gasteiger partial charge in [-0.2, -0.15) is 0 Å². The van der Waals surface area contributed by atoms with Crippen LogP contribution in [0.15, 0.2) is 53.4 Å². The van der Waals surface area contributed by atoms with Gasteiger partial charge in [0.25, 0.3) is 5.91 Å². The molecule has 0 unspecified atom stereocenters. The van der Waals surface area contributed by atoms with Gasteiger partial charge in [-0.05, 0) is 85.5 Å². The van der Waals surface area contributed by atoms with E-state index >= 15 is 0 Å². The van der Waals surface area contributed by atoms with Crippen molar-refractivity contribution < 1.29 is 27.4 Å². The fraction of sp³-hybridized carbons (Fsp3) is 0.269. The molecule has 3 aromatic rings. The van der Waals surface area contributed by atoms with Crippen molar-refractivity contribution in [1.29, 1.82) is 0 Å². The third-order valence-corrected chi connectivity index (χ3v) is 7.71. The van der Waals surface area contributed by atoms with E-state index in [0.717, 1.165) is 24.8 Å². The number of carbonyl (C=O) groups is 1. The SMILES string of the molecule is CNS(=O)(=O)c1cc(NCc2cc(OC)c3c(c2)OCO3)cc(C(=O)Nc2ccc3c(c2)CCC3)c1. The van der Waals surface area contributed by atoms with Crippen LogP contribution < -0.4 is 29.6 Å². The van der Waals surface area contributed by atoms with Crippen LogP contribution in [0.4, 0.5) is 11.4 Å². The van der Waals surface area contributed by atoms with E-state index in [2.05, 4.69) is 15.4 Å². The van der Waals surface area contributed by atoms with Gasteiger partial charge in [-0.3, -0.25) is 4.79 Å². The van der Waals surface area contributed by atoms with Gasteiger partial charge in [0, 0.05) is 23.5 Å². The summed E-state index contributed by atoms with van der Waals surface area (Å²) in [5.41, 5.74) is 4.76. The molecule has 0 atom stereocenters. The van der Waals surface area contributed by atoms with E-state index in [-0.39, 0.29) is 17.3 Å². The quantitative estimate of drug-likeness (QED) is 0.424. The van der Waals surface area contributed by atoms with Gasteiger partial charge in [0.15, 0.2) is 11.5 Å². The van der Waals surface area contributed by atoms with E-state index in [4.69, 9.17) is 14.2 Å². The highest BCUT2D eigenvalue weighted by molar-refractivity contribution is 7.89. The average Bonchev–Trinajstić information content (AvgIpc) is 3.56. The number of sulfonamides is 1. The molecule has 1 amide bonds. The molecule has 0 fully saturated rings. The van der Waals surface area contributed by atoms with Gasteiger partial charge in [0.2, 0.25) is 22.6 Å². The second-order valence-corrected chi connectivity index (χ2v) is 10.5. The minimum atomic E-state index is -3.79. The average molecular weight is 510 g/mol. The molecule has 0 saturated carbocycles. The predicted octanol–water partition coefficient (Wildman–Crippen LogP) is 3.69. The number of carbonyl (C=O) groups excluding carboxylic acids is 1. The fourth-order valence-electron chi connectivity index (χ4n) is 4.45. The summed E-state index contributed by atoms with van der Waals surface area (Å²) >= 11 is 0. The first-order valence-corrected chi connectivity index (χ1v) is 13.1. The molecule has 0 bridgehead atoms. The number of benzene rings is 3. The minimum absolute atomic E-state index is 0.0163. The largest absolute Gasteiger partial charge is 0.493 e. The van der Waals surface area contributed by atoms with Crippen molar-refractivity contribution in [1.82, 2.24) is 4.72 Å². The Bertz CT molecular complexity index is 1440. The van der Waals surface area contributed by atoms with E-state index in [0.29, 0.717) is 35.2 Å². The summed E-state index contributed by atoms with van der Waals surface area (Å²) in [7, 11) is -0.906. The summed E-state index contributed by atoms with van der Waals surface area (Å²) < 4.78 is 43.8. The number of nitrogens with one attached hydrogen (secondary N) is 3. The molecule has 0 saturated heterocycles. The van der Waals surface area contributed by atoms with Crippen molar-refractivity contribution in [2.45, 2.75) is 30.7 Å². The first kappa shape index (κ1) is 24.0. The lowest BCUT2D eigenvalue weighted by Crippen LogP contribution is -2.20. The van der Waals surface area contributed by atoms with Crippen molar-refractivity contribution in [3.63, 3.8) is 0 Å². The molecule has 0 aromatic heterocycles. The number of rotatable bonds is 8. The summed E-state index contributed by atoms with van der Waals surface area (Å²) in [5.74, 6) is 1.28. The molecule has 5 rings (SSSR count). The summed E-state index contributed by atoms with van der Waals surface area (Å²) in [6, 6.07) is 14.0. The van der Waals surface area contributed by atoms with Crippen LogP contribution in [0.5, 0.6) is 17.2 Å². The van der Waals surface area contributed by atoms with Crippen LogP contribution in [0.1, 0.15) is 33.5 Å². The number of ether oxygens (including phenoxy) is 3. The minimum Gasteiger partial charge on any atom is -0.493 e. The van der Waals surface area contributed by atoms with E-state index in [1.807, 2.05) is 30.3 Å². The predicted molar refractivity (Wildman–Crippen MR) is 136 cm³/mol. The first-order valence-electron chi connectivity index (χ1n) is 11.6. The highest BCUT2D eigenvalue weighted by Gasteiger charge is 2.21. The van der Waals surface area contributed by atoms with Gasteiger partial charge in [0.05, 0.1) is 12.0 Å². The Balaban J connectivity index is 1.41. The Labute approximate surface area is 209 Å². The van der Waals surface area contributed by atoms with Crippen LogP contribution in [0.25, 0.3) is 0 Å². The van der Waals surface area contributed by atoms with Crippen LogP contribution in [0, 0.1) is 0 Å². The molecule has 3 N–H and O–H groups in total. The Morgan fingerprint density at radius 3 is 2.64 bits per heavy atom. The molecule has 188 valence electrons. The maximum absolute atomic E-state index is 13.1. The Kier molecular flexibility index (Phi) is 6.46. The number of methoxy groups -OCH3 is 1. The Morgan fingerprint density at radius 2 is 1.83 bits per heavy atom. The molecule has 1 aliphatic carbocycles. The van der Waals surface area contributed by atoms with E-state index in [1.165, 1.54) is 30.3 Å². The monoisotopic (exact) mass is 509 g/mol. The van der Waals surface area contributed by atoms with E-state index < -0.39 is 15.9 Å². The lowest BCUT2D eigenvalue weighted by Gasteiger charge is -2.14. The number of hydrogen-bond acceptors (Lipinski definition) is 7. The molecule has 10 heteroatoms. The lowest BCUT2D eigenvalue weighted by atomic mass is 10.1. The van der Waals surface area contributed by atoms with Crippen molar-refractivity contribution in [3.8, 4) is 17.2 Å². The number of anilines is 2. The molecule has 36 heavy (non-hydrogen) atoms. The number of aryl methyl sites for hydroxylation is 2. The molecule has 0 radical (unpaired) electrons.